The smallest absolute Gasteiger partial charge is 0.310 e. The molecule has 1 aliphatic rings. The van der Waals surface area contributed by atoms with Gasteiger partial charge in [-0.1, -0.05) is 30.3 Å². The van der Waals surface area contributed by atoms with E-state index in [1.807, 2.05) is 36.4 Å². The van der Waals surface area contributed by atoms with Gasteiger partial charge in [-0.05, 0) is 67.0 Å². The molecule has 0 radical (unpaired) electrons. The van der Waals surface area contributed by atoms with Crippen LogP contribution in [0.5, 0.6) is 11.5 Å². The largest absolute Gasteiger partial charge is 0.497 e. The first-order chi connectivity index (χ1) is 19.6. The van der Waals surface area contributed by atoms with Crippen LogP contribution < -0.4 is 15.2 Å². The summed E-state index contributed by atoms with van der Waals surface area (Å²) in [5, 5.41) is 8.02. The molecule has 8 nitrogen and oxygen atoms in total. The second kappa shape index (κ2) is 10.9. The number of ether oxygens (including phenoxy) is 3. The van der Waals surface area contributed by atoms with Crippen molar-refractivity contribution in [3.05, 3.63) is 78.1 Å². The standard InChI is InChI=1S/C32H32N4O4/c1-3-39-31(37)17-21-10-12-23(38-2)18-30(21)40-19-29-27-16-20(11-13-28(27)35-36(29)22-6-4-7-22)24-8-5-9-26-25(24)14-15-34-32(26)33/h5,8-16,18,22H,3-4,6-7,17,19H2,1-2H3,(H2,33,34). The van der Waals surface area contributed by atoms with Crippen molar-refractivity contribution in [1.29, 1.82) is 0 Å². The van der Waals surface area contributed by atoms with Crippen molar-refractivity contribution in [3.63, 3.8) is 0 Å². The average molecular weight is 537 g/mol. The van der Waals surface area contributed by atoms with Crippen molar-refractivity contribution < 1.29 is 19.0 Å². The number of rotatable bonds is 9. The number of nitrogens with zero attached hydrogens (tertiary/aromatic N) is 3. The van der Waals surface area contributed by atoms with Gasteiger partial charge >= 0.3 is 5.97 Å². The summed E-state index contributed by atoms with van der Waals surface area (Å²) in [6, 6.07) is 20.3. The number of pyridine rings is 1. The van der Waals surface area contributed by atoms with Gasteiger partial charge in [0.2, 0.25) is 0 Å². The van der Waals surface area contributed by atoms with Gasteiger partial charge in [0.1, 0.15) is 23.9 Å². The number of aromatic nitrogens is 3. The Kier molecular flexibility index (Phi) is 6.99. The lowest BCUT2D eigenvalue weighted by Crippen LogP contribution is -2.21. The first kappa shape index (κ1) is 25.7. The molecule has 1 fully saturated rings. The molecule has 40 heavy (non-hydrogen) atoms. The van der Waals surface area contributed by atoms with Gasteiger partial charge in [0.25, 0.3) is 0 Å². The Balaban J connectivity index is 1.40. The number of nitrogen functional groups attached to an aromatic ring is 1. The summed E-state index contributed by atoms with van der Waals surface area (Å²) in [5.41, 5.74) is 11.0. The molecule has 1 saturated carbocycles. The number of fused-ring (bicyclic) bond motifs is 2. The lowest BCUT2D eigenvalue weighted by molar-refractivity contribution is -0.142. The molecule has 2 aromatic heterocycles. The molecule has 204 valence electrons. The van der Waals surface area contributed by atoms with E-state index < -0.39 is 0 Å². The van der Waals surface area contributed by atoms with Crippen LogP contribution in [0.4, 0.5) is 5.82 Å². The predicted octanol–water partition coefficient (Wildman–Crippen LogP) is 6.25. The minimum Gasteiger partial charge on any atom is -0.497 e. The molecule has 6 rings (SSSR count). The molecule has 0 bridgehead atoms. The quantitative estimate of drug-likeness (QED) is 0.222. The van der Waals surface area contributed by atoms with E-state index in [1.54, 1.807) is 20.2 Å². The molecular formula is C32H32N4O4. The number of nitrogens with two attached hydrogens (primary N) is 1. The molecule has 0 spiro atoms. The molecule has 0 unspecified atom stereocenters. The highest BCUT2D eigenvalue weighted by Crippen LogP contribution is 2.38. The highest BCUT2D eigenvalue weighted by Gasteiger charge is 2.25. The Morgan fingerprint density at radius 3 is 2.70 bits per heavy atom. The molecule has 0 saturated heterocycles. The van der Waals surface area contributed by atoms with E-state index in [9.17, 15) is 4.79 Å². The number of anilines is 1. The lowest BCUT2D eigenvalue weighted by atomic mass is 9.93. The van der Waals surface area contributed by atoms with Crippen LogP contribution in [0.2, 0.25) is 0 Å². The molecule has 8 heteroatoms. The molecule has 2 N–H and O–H groups in total. The Hall–Kier alpha value is -4.59. The van der Waals surface area contributed by atoms with Gasteiger partial charge < -0.3 is 19.9 Å². The number of hydrogen-bond donors (Lipinski definition) is 1. The zero-order valence-electron chi connectivity index (χ0n) is 22.7. The van der Waals surface area contributed by atoms with Crippen molar-refractivity contribution in [2.75, 3.05) is 19.5 Å². The van der Waals surface area contributed by atoms with E-state index in [1.165, 1.54) is 6.42 Å². The van der Waals surface area contributed by atoms with Gasteiger partial charge in [0.15, 0.2) is 0 Å². The van der Waals surface area contributed by atoms with E-state index in [-0.39, 0.29) is 12.4 Å². The Morgan fingerprint density at radius 2 is 1.93 bits per heavy atom. The van der Waals surface area contributed by atoms with Gasteiger partial charge in [-0.3, -0.25) is 9.48 Å². The van der Waals surface area contributed by atoms with E-state index in [2.05, 4.69) is 33.9 Å². The zero-order valence-corrected chi connectivity index (χ0v) is 22.7. The summed E-state index contributed by atoms with van der Waals surface area (Å²) in [7, 11) is 1.61. The normalized spacial score (nSPS) is 13.3. The molecule has 0 atom stereocenters. The van der Waals surface area contributed by atoms with Crippen molar-refractivity contribution in [2.24, 2.45) is 0 Å². The SMILES string of the molecule is CCOC(=O)Cc1ccc(OC)cc1OCc1c2cc(-c3cccc4c(N)nccc34)ccc2nn1C1CCC1. The Labute approximate surface area is 232 Å². The number of hydrogen-bond acceptors (Lipinski definition) is 7. The van der Waals surface area contributed by atoms with Crippen LogP contribution in [0.15, 0.2) is 66.9 Å². The Morgan fingerprint density at radius 1 is 1.05 bits per heavy atom. The van der Waals surface area contributed by atoms with Crippen molar-refractivity contribution in [3.8, 4) is 22.6 Å². The van der Waals surface area contributed by atoms with Crippen LogP contribution in [-0.2, 0) is 22.6 Å². The van der Waals surface area contributed by atoms with E-state index in [0.717, 1.165) is 56.9 Å². The van der Waals surface area contributed by atoms with Crippen LogP contribution in [0.3, 0.4) is 0 Å². The van der Waals surface area contributed by atoms with Gasteiger partial charge in [0, 0.05) is 28.6 Å². The first-order valence-electron chi connectivity index (χ1n) is 13.7. The highest BCUT2D eigenvalue weighted by molar-refractivity contribution is 6.02. The van der Waals surface area contributed by atoms with Gasteiger partial charge in [0.05, 0.1) is 37.4 Å². The van der Waals surface area contributed by atoms with Crippen LogP contribution in [0, 0.1) is 0 Å². The number of benzene rings is 3. The minimum absolute atomic E-state index is 0.124. The van der Waals surface area contributed by atoms with Gasteiger partial charge in [-0.15, -0.1) is 0 Å². The van der Waals surface area contributed by atoms with E-state index >= 15 is 0 Å². The number of esters is 1. The van der Waals surface area contributed by atoms with Crippen molar-refractivity contribution in [1.82, 2.24) is 14.8 Å². The van der Waals surface area contributed by atoms with Crippen LogP contribution in [0.25, 0.3) is 32.8 Å². The summed E-state index contributed by atoms with van der Waals surface area (Å²) in [5.74, 6) is 1.48. The molecule has 0 aliphatic heterocycles. The number of carbonyl (C=O) groups is 1. The molecule has 0 amide bonds. The lowest BCUT2D eigenvalue weighted by Gasteiger charge is -2.27. The third-order valence-electron chi connectivity index (χ3n) is 7.65. The summed E-state index contributed by atoms with van der Waals surface area (Å²) < 4.78 is 19.2. The molecule has 1 aliphatic carbocycles. The maximum Gasteiger partial charge on any atom is 0.310 e. The summed E-state index contributed by atoms with van der Waals surface area (Å²) in [6.45, 7) is 2.43. The summed E-state index contributed by atoms with van der Waals surface area (Å²) >= 11 is 0. The second-order valence-electron chi connectivity index (χ2n) is 10.0. The maximum absolute atomic E-state index is 12.3. The van der Waals surface area contributed by atoms with E-state index in [0.29, 0.717) is 36.6 Å². The van der Waals surface area contributed by atoms with Crippen LogP contribution in [0.1, 0.15) is 43.5 Å². The third kappa shape index (κ3) is 4.81. The second-order valence-corrected chi connectivity index (χ2v) is 10.0. The fourth-order valence-electron chi connectivity index (χ4n) is 5.34. The van der Waals surface area contributed by atoms with Gasteiger partial charge in [-0.2, -0.15) is 5.10 Å². The number of methoxy groups -OCH3 is 1. The Bertz CT molecular complexity index is 1710. The molecule has 5 aromatic rings. The summed E-state index contributed by atoms with van der Waals surface area (Å²) in [6.07, 6.45) is 5.25. The monoisotopic (exact) mass is 536 g/mol. The first-order valence-corrected chi connectivity index (χ1v) is 13.7. The number of carbonyl (C=O) groups excluding carboxylic acids is 1. The maximum atomic E-state index is 12.3. The highest BCUT2D eigenvalue weighted by atomic mass is 16.5. The molecule has 2 heterocycles. The van der Waals surface area contributed by atoms with Crippen molar-refractivity contribution >= 4 is 33.5 Å². The summed E-state index contributed by atoms with van der Waals surface area (Å²) in [4.78, 5) is 16.5. The fourth-order valence-corrected chi connectivity index (χ4v) is 5.34. The fraction of sp³-hybridized carbons (Fsp3) is 0.281. The minimum atomic E-state index is -0.293. The third-order valence-corrected chi connectivity index (χ3v) is 7.65. The predicted molar refractivity (Wildman–Crippen MR) is 155 cm³/mol. The van der Waals surface area contributed by atoms with Gasteiger partial charge in [-0.25, -0.2) is 4.98 Å². The van der Waals surface area contributed by atoms with Crippen molar-refractivity contribution in [2.45, 2.75) is 45.3 Å². The molecular weight excluding hydrogens is 504 g/mol. The topological polar surface area (TPSA) is 101 Å². The average Bonchev–Trinajstić information content (AvgIpc) is 3.28. The van der Waals surface area contributed by atoms with E-state index in [4.69, 9.17) is 25.0 Å². The zero-order chi connectivity index (χ0) is 27.6. The van der Waals surface area contributed by atoms with Crippen LogP contribution >= 0.6 is 0 Å². The van der Waals surface area contributed by atoms with Crippen LogP contribution in [-0.4, -0.2) is 34.5 Å². The molecule has 3 aromatic carbocycles.